The van der Waals surface area contributed by atoms with E-state index in [9.17, 15) is 0 Å². The van der Waals surface area contributed by atoms with Crippen LogP contribution in [0.2, 0.25) is 0 Å². The number of hydrogen-bond acceptors (Lipinski definition) is 1. The second-order valence-electron chi connectivity index (χ2n) is 0. The van der Waals surface area contributed by atoms with Crippen molar-refractivity contribution in [2.75, 3.05) is 0 Å². The molecule has 0 saturated heterocycles. The summed E-state index contributed by atoms with van der Waals surface area (Å²) in [7, 11) is 0. The molecule has 0 bridgehead atoms. The van der Waals surface area contributed by atoms with E-state index in [4.69, 9.17) is 3.87 Å². The predicted octanol–water partition coefficient (Wildman–Crippen LogP) is 0.512. The Balaban J connectivity index is -0.00000000500. The van der Waals surface area contributed by atoms with Crippen LogP contribution in [0.15, 0.2) is 0 Å². The Labute approximate surface area is 44.1 Å². The first kappa shape index (κ1) is 21.3. The van der Waals surface area contributed by atoms with E-state index >= 15 is 0 Å². The van der Waals surface area contributed by atoms with Crippen LogP contribution >= 0.6 is 0 Å². The number of rotatable bonds is 0. The third-order valence-corrected chi connectivity index (χ3v) is 0. The molecule has 0 N–H and O–H groups in total. The Morgan fingerprint density at radius 1 is 1.25 bits per heavy atom. The summed E-state index contributed by atoms with van der Waals surface area (Å²) in [4.78, 5) is 0. The van der Waals surface area contributed by atoms with Crippen molar-refractivity contribution in [2.24, 2.45) is 0 Å². The Hall–Kier alpha value is 0.813. The van der Waals surface area contributed by atoms with Crippen molar-refractivity contribution in [3.05, 3.63) is 0 Å². The van der Waals surface area contributed by atoms with Gasteiger partial charge in [-0.25, -0.2) is 0 Å². The molecule has 0 aliphatic heterocycles. The van der Waals surface area contributed by atoms with Gasteiger partial charge in [0.25, 0.3) is 0 Å². The van der Waals surface area contributed by atoms with Crippen LogP contribution < -0.4 is 0 Å². The van der Waals surface area contributed by atoms with E-state index in [2.05, 4.69) is 15.7 Å². The van der Waals surface area contributed by atoms with Crippen LogP contribution in [0.25, 0.3) is 0 Å². The standard InChI is InChI=1S/CH4.2Co.O/h1H4;;;. The van der Waals surface area contributed by atoms with Crippen LogP contribution in [0, 0.1) is 0 Å². The molecule has 0 fully saturated rings. The molecule has 1 nitrogen and oxygen atoms in total. The third-order valence-electron chi connectivity index (χ3n) is 0. The van der Waals surface area contributed by atoms with Crippen LogP contribution in [-0.2, 0) is 36.3 Å². The second kappa shape index (κ2) is 45.6. The van der Waals surface area contributed by atoms with E-state index < -0.39 is 0 Å². The molecule has 0 amide bonds. The third kappa shape index (κ3) is 14.0. The predicted molar refractivity (Wildman–Crippen MR) is 7.42 cm³/mol. The molecule has 0 heterocycles. The monoisotopic (exact) mass is 150 g/mol. The molecule has 0 spiro atoms. The Bertz CT molecular complexity index is 6.00. The zero-order chi connectivity index (χ0) is 2.00. The van der Waals surface area contributed by atoms with Gasteiger partial charge in [0.1, 0.15) is 0 Å². The molecule has 0 rings (SSSR count). The topological polar surface area (TPSA) is 17.1 Å². The van der Waals surface area contributed by atoms with Crippen molar-refractivity contribution in [3.8, 4) is 0 Å². The fraction of sp³-hybridized carbons (Fsp3) is 1.00. The minimum atomic E-state index is 0. The summed E-state index contributed by atoms with van der Waals surface area (Å²) in [6.45, 7) is 0. The van der Waals surface area contributed by atoms with Gasteiger partial charge in [0.15, 0.2) is 0 Å². The van der Waals surface area contributed by atoms with Crippen molar-refractivity contribution >= 4 is 0 Å². The van der Waals surface area contributed by atoms with E-state index in [1.54, 1.807) is 0 Å². The first-order valence-electron chi connectivity index (χ1n) is 0.136. The van der Waals surface area contributed by atoms with Gasteiger partial charge in [-0.3, -0.25) is 0 Å². The van der Waals surface area contributed by atoms with Crippen LogP contribution in [0.1, 0.15) is 7.43 Å². The SMILES string of the molecule is C.[Co].[O]=[Co]. The Kier molecular flexibility index (Phi) is 243. The average molecular weight is 150 g/mol. The van der Waals surface area contributed by atoms with E-state index in [1.165, 1.54) is 0 Å². The fourth-order valence-corrected chi connectivity index (χ4v) is 0. The molecule has 3 heteroatoms. The van der Waals surface area contributed by atoms with Crippen molar-refractivity contribution < 1.29 is 36.3 Å². The molecule has 1 radical (unpaired) electrons. The molecule has 0 aliphatic carbocycles. The fourth-order valence-electron chi connectivity index (χ4n) is 0. The Morgan fingerprint density at radius 2 is 1.25 bits per heavy atom. The molecular weight excluding hydrogens is 146 g/mol. The summed E-state index contributed by atoms with van der Waals surface area (Å²) >= 11 is 2.31. The van der Waals surface area contributed by atoms with E-state index in [1.807, 2.05) is 0 Å². The summed E-state index contributed by atoms with van der Waals surface area (Å²) in [6, 6.07) is 0. The van der Waals surface area contributed by atoms with Crippen molar-refractivity contribution in [1.82, 2.24) is 0 Å². The molecule has 0 saturated carbocycles. The molecule has 0 atom stereocenters. The first-order chi connectivity index (χ1) is 1.00. The van der Waals surface area contributed by atoms with E-state index in [0.717, 1.165) is 0 Å². The van der Waals surface area contributed by atoms with E-state index in [-0.39, 0.29) is 24.2 Å². The minimum absolute atomic E-state index is 0. The maximum atomic E-state index is 7.94. The van der Waals surface area contributed by atoms with Gasteiger partial charge in [-0.15, -0.1) is 0 Å². The van der Waals surface area contributed by atoms with Crippen LogP contribution in [-0.4, -0.2) is 0 Å². The van der Waals surface area contributed by atoms with Crippen LogP contribution in [0.5, 0.6) is 0 Å². The van der Waals surface area contributed by atoms with Crippen molar-refractivity contribution in [2.45, 2.75) is 7.43 Å². The molecule has 0 unspecified atom stereocenters. The summed E-state index contributed by atoms with van der Waals surface area (Å²) in [5, 5.41) is 0. The molecule has 0 aromatic heterocycles. The van der Waals surface area contributed by atoms with Gasteiger partial charge >= 0.3 is 19.5 Å². The van der Waals surface area contributed by atoms with Gasteiger partial charge < -0.3 is 0 Å². The van der Waals surface area contributed by atoms with Crippen molar-refractivity contribution in [1.29, 1.82) is 0 Å². The quantitative estimate of drug-likeness (QED) is 0.491. The molecule has 4 heavy (non-hydrogen) atoms. The summed E-state index contributed by atoms with van der Waals surface area (Å²) < 4.78 is 7.94. The molecular formula is CH4Co2O. The maximum absolute atomic E-state index is 7.94. The Morgan fingerprint density at radius 3 is 1.25 bits per heavy atom. The number of hydrogen-bond donors (Lipinski definition) is 0. The van der Waals surface area contributed by atoms with Gasteiger partial charge in [-0.05, 0) is 0 Å². The normalized spacial score (nSPS) is 1.25. The second-order valence-corrected chi connectivity index (χ2v) is 0. The van der Waals surface area contributed by atoms with E-state index in [0.29, 0.717) is 0 Å². The molecule has 32 valence electrons. The van der Waals surface area contributed by atoms with Gasteiger partial charge in [-0.1, -0.05) is 7.43 Å². The average Bonchev–Trinajstić information content (AvgIpc) is 1.00. The first-order valence-corrected chi connectivity index (χ1v) is 0.561. The molecule has 0 aromatic rings. The zero-order valence-electron chi connectivity index (χ0n) is 1.07. The van der Waals surface area contributed by atoms with Gasteiger partial charge in [0.05, 0.1) is 0 Å². The molecule has 0 aromatic carbocycles. The zero-order valence-corrected chi connectivity index (χ0v) is 3.16. The van der Waals surface area contributed by atoms with Gasteiger partial charge in [0, 0.05) is 16.8 Å². The van der Waals surface area contributed by atoms with Crippen LogP contribution in [0.4, 0.5) is 0 Å². The van der Waals surface area contributed by atoms with Gasteiger partial charge in [0.2, 0.25) is 0 Å². The van der Waals surface area contributed by atoms with Crippen LogP contribution in [0.3, 0.4) is 0 Å². The van der Waals surface area contributed by atoms with Crippen molar-refractivity contribution in [3.63, 3.8) is 0 Å². The molecule has 0 aliphatic rings. The summed E-state index contributed by atoms with van der Waals surface area (Å²) in [6.07, 6.45) is 0. The van der Waals surface area contributed by atoms with Gasteiger partial charge in [-0.2, -0.15) is 0 Å². The summed E-state index contributed by atoms with van der Waals surface area (Å²) in [5.74, 6) is 0. The summed E-state index contributed by atoms with van der Waals surface area (Å²) in [5.41, 5.74) is 0.